The largest absolute Gasteiger partial charge is 0.340 e. The first-order chi connectivity index (χ1) is 9.81. The fourth-order valence-electron chi connectivity index (χ4n) is 2.73. The Labute approximate surface area is 125 Å². The normalized spacial score (nSPS) is 25.2. The number of carbonyl (C=O) groups excluding carboxylic acids is 3. The van der Waals surface area contributed by atoms with Crippen molar-refractivity contribution < 1.29 is 14.4 Å². The zero-order chi connectivity index (χ0) is 15.6. The van der Waals surface area contributed by atoms with Crippen LogP contribution in [0.5, 0.6) is 0 Å². The molecule has 0 spiro atoms. The number of urea groups is 1. The van der Waals surface area contributed by atoms with Crippen LogP contribution in [0.1, 0.15) is 33.6 Å². The molecule has 1 unspecified atom stereocenters. The fraction of sp³-hybridized carbons (Fsp3) is 0.786. The fourth-order valence-corrected chi connectivity index (χ4v) is 2.73. The zero-order valence-corrected chi connectivity index (χ0v) is 12.9. The van der Waals surface area contributed by atoms with Crippen LogP contribution in [0.25, 0.3) is 0 Å². The van der Waals surface area contributed by atoms with Crippen molar-refractivity contribution in [3.05, 3.63) is 0 Å². The van der Waals surface area contributed by atoms with Gasteiger partial charge in [-0.05, 0) is 27.2 Å². The predicted octanol–water partition coefficient (Wildman–Crippen LogP) is -0.0827. The number of hydrogen-bond donors (Lipinski definition) is 2. The van der Waals surface area contributed by atoms with E-state index in [9.17, 15) is 14.4 Å². The van der Waals surface area contributed by atoms with Crippen LogP contribution in [-0.2, 0) is 9.59 Å². The van der Waals surface area contributed by atoms with Crippen LogP contribution < -0.4 is 10.6 Å². The summed E-state index contributed by atoms with van der Waals surface area (Å²) in [6.07, 6.45) is 0.872. The Morgan fingerprint density at radius 1 is 1.38 bits per heavy atom. The molecule has 0 radical (unpaired) electrons. The maximum absolute atomic E-state index is 12.1. The van der Waals surface area contributed by atoms with Gasteiger partial charge in [0.1, 0.15) is 5.54 Å². The van der Waals surface area contributed by atoms with Crippen LogP contribution in [0.15, 0.2) is 0 Å². The highest BCUT2D eigenvalue weighted by Gasteiger charge is 2.43. The summed E-state index contributed by atoms with van der Waals surface area (Å²) in [5.41, 5.74) is -0.838. The van der Waals surface area contributed by atoms with Gasteiger partial charge in [-0.25, -0.2) is 4.79 Å². The molecule has 2 rings (SSSR count). The van der Waals surface area contributed by atoms with Crippen molar-refractivity contribution in [3.8, 4) is 0 Å². The summed E-state index contributed by atoms with van der Waals surface area (Å²) < 4.78 is 0. The lowest BCUT2D eigenvalue weighted by atomic mass is 10.1. The molecule has 118 valence electrons. The molecule has 4 amide bonds. The van der Waals surface area contributed by atoms with E-state index in [1.165, 1.54) is 4.90 Å². The first-order valence-corrected chi connectivity index (χ1v) is 7.46. The van der Waals surface area contributed by atoms with Crippen molar-refractivity contribution in [3.63, 3.8) is 0 Å². The molecule has 0 aromatic carbocycles. The second-order valence-corrected chi connectivity index (χ2v) is 6.31. The number of nitrogens with zero attached hydrogens (tertiary/aromatic N) is 2. The minimum absolute atomic E-state index is 0.0923. The van der Waals surface area contributed by atoms with E-state index < -0.39 is 5.54 Å². The molecule has 2 saturated heterocycles. The average molecular weight is 296 g/mol. The molecular weight excluding hydrogens is 272 g/mol. The maximum Gasteiger partial charge on any atom is 0.325 e. The van der Waals surface area contributed by atoms with Gasteiger partial charge in [0, 0.05) is 38.6 Å². The Bertz CT molecular complexity index is 450. The van der Waals surface area contributed by atoms with Crippen LogP contribution in [0.3, 0.4) is 0 Å². The Hall–Kier alpha value is -1.63. The SMILES string of the molecule is CC1CN(C(=O)CCCN2C(=O)NC(C)(C)C2=O)CCN1. The number of nitrogens with one attached hydrogen (secondary N) is 2. The summed E-state index contributed by atoms with van der Waals surface area (Å²) in [6.45, 7) is 7.96. The van der Waals surface area contributed by atoms with E-state index in [1.807, 2.05) is 4.90 Å². The van der Waals surface area contributed by atoms with Crippen LogP contribution in [0.2, 0.25) is 0 Å². The molecular formula is C14H24N4O3. The lowest BCUT2D eigenvalue weighted by Gasteiger charge is -2.32. The third-order valence-electron chi connectivity index (χ3n) is 3.94. The van der Waals surface area contributed by atoms with E-state index in [0.29, 0.717) is 25.4 Å². The molecule has 7 heteroatoms. The molecule has 1 atom stereocenters. The van der Waals surface area contributed by atoms with Gasteiger partial charge >= 0.3 is 6.03 Å². The standard InChI is InChI=1S/C14H24N4O3/c1-10-9-17(8-6-15-10)11(19)5-4-7-18-12(20)14(2,3)16-13(18)21/h10,15H,4-9H2,1-3H3,(H,16,21). The van der Waals surface area contributed by atoms with E-state index in [0.717, 1.165) is 19.6 Å². The Kier molecular flexibility index (Phi) is 4.51. The topological polar surface area (TPSA) is 81.8 Å². The molecule has 2 fully saturated rings. The molecule has 2 N–H and O–H groups in total. The molecule has 7 nitrogen and oxygen atoms in total. The number of rotatable bonds is 4. The smallest absolute Gasteiger partial charge is 0.325 e. The lowest BCUT2D eigenvalue weighted by molar-refractivity contribution is -0.133. The number of hydrogen-bond acceptors (Lipinski definition) is 4. The number of carbonyl (C=O) groups is 3. The first-order valence-electron chi connectivity index (χ1n) is 7.46. The summed E-state index contributed by atoms with van der Waals surface area (Å²) in [5.74, 6) is -0.134. The van der Waals surface area contributed by atoms with Gasteiger partial charge in [-0.2, -0.15) is 0 Å². The molecule has 21 heavy (non-hydrogen) atoms. The third-order valence-corrected chi connectivity index (χ3v) is 3.94. The van der Waals surface area contributed by atoms with Gasteiger partial charge in [0.25, 0.3) is 5.91 Å². The molecule has 2 aliphatic rings. The third kappa shape index (κ3) is 3.53. The van der Waals surface area contributed by atoms with Crippen molar-refractivity contribution >= 4 is 17.8 Å². The van der Waals surface area contributed by atoms with E-state index in [-0.39, 0.29) is 17.8 Å². The van der Waals surface area contributed by atoms with Gasteiger partial charge < -0.3 is 15.5 Å². The summed E-state index contributed by atoms with van der Waals surface area (Å²) in [6, 6.07) is -0.0531. The van der Waals surface area contributed by atoms with Crippen molar-refractivity contribution in [2.45, 2.75) is 45.2 Å². The van der Waals surface area contributed by atoms with Gasteiger partial charge in [0.2, 0.25) is 5.91 Å². The van der Waals surface area contributed by atoms with E-state index in [4.69, 9.17) is 0 Å². The van der Waals surface area contributed by atoms with E-state index in [2.05, 4.69) is 17.6 Å². The number of imide groups is 1. The van der Waals surface area contributed by atoms with Gasteiger partial charge in [0.15, 0.2) is 0 Å². The summed E-state index contributed by atoms with van der Waals surface area (Å²) in [4.78, 5) is 38.9. The summed E-state index contributed by atoms with van der Waals surface area (Å²) in [5, 5.41) is 5.92. The second kappa shape index (κ2) is 6.01. The average Bonchev–Trinajstić information content (AvgIpc) is 2.60. The lowest BCUT2D eigenvalue weighted by Crippen LogP contribution is -2.51. The summed E-state index contributed by atoms with van der Waals surface area (Å²) in [7, 11) is 0. The van der Waals surface area contributed by atoms with Gasteiger partial charge in [-0.1, -0.05) is 0 Å². The minimum Gasteiger partial charge on any atom is -0.340 e. The molecule has 0 bridgehead atoms. The molecule has 0 aromatic heterocycles. The molecule has 0 aromatic rings. The van der Waals surface area contributed by atoms with Crippen LogP contribution in [0.4, 0.5) is 4.79 Å². The number of piperazine rings is 1. The first kappa shape index (κ1) is 15.8. The van der Waals surface area contributed by atoms with Crippen LogP contribution in [-0.4, -0.2) is 65.4 Å². The van der Waals surface area contributed by atoms with Crippen LogP contribution in [0, 0.1) is 0 Å². The summed E-state index contributed by atoms with van der Waals surface area (Å²) >= 11 is 0. The monoisotopic (exact) mass is 296 g/mol. The van der Waals surface area contributed by atoms with Crippen molar-refractivity contribution in [1.82, 2.24) is 20.4 Å². The predicted molar refractivity (Wildman–Crippen MR) is 77.6 cm³/mol. The van der Waals surface area contributed by atoms with E-state index in [1.54, 1.807) is 13.8 Å². The molecule has 0 saturated carbocycles. The van der Waals surface area contributed by atoms with Crippen LogP contribution >= 0.6 is 0 Å². The van der Waals surface area contributed by atoms with Crippen molar-refractivity contribution in [2.75, 3.05) is 26.2 Å². The zero-order valence-electron chi connectivity index (χ0n) is 12.9. The molecule has 2 aliphatic heterocycles. The highest BCUT2D eigenvalue weighted by atomic mass is 16.2. The maximum atomic E-state index is 12.1. The quantitative estimate of drug-likeness (QED) is 0.711. The highest BCUT2D eigenvalue weighted by Crippen LogP contribution is 2.17. The van der Waals surface area contributed by atoms with Gasteiger partial charge in [-0.3, -0.25) is 14.5 Å². The Morgan fingerprint density at radius 2 is 2.10 bits per heavy atom. The molecule has 0 aliphatic carbocycles. The van der Waals surface area contributed by atoms with Gasteiger partial charge in [-0.15, -0.1) is 0 Å². The minimum atomic E-state index is -0.838. The van der Waals surface area contributed by atoms with Gasteiger partial charge in [0.05, 0.1) is 0 Å². The van der Waals surface area contributed by atoms with Crippen molar-refractivity contribution in [2.24, 2.45) is 0 Å². The Morgan fingerprint density at radius 3 is 2.67 bits per heavy atom. The second-order valence-electron chi connectivity index (χ2n) is 6.31. The van der Waals surface area contributed by atoms with Crippen molar-refractivity contribution in [1.29, 1.82) is 0 Å². The number of amides is 4. The Balaban J connectivity index is 1.78. The molecule has 2 heterocycles. The highest BCUT2D eigenvalue weighted by molar-refractivity contribution is 6.06. The van der Waals surface area contributed by atoms with E-state index >= 15 is 0 Å².